The van der Waals surface area contributed by atoms with Gasteiger partial charge in [-0.2, -0.15) is 0 Å². The van der Waals surface area contributed by atoms with E-state index in [9.17, 15) is 9.59 Å². The van der Waals surface area contributed by atoms with Gasteiger partial charge in [-0.3, -0.25) is 9.59 Å². The second-order valence-corrected chi connectivity index (χ2v) is 7.33. The van der Waals surface area contributed by atoms with Crippen molar-refractivity contribution in [3.05, 3.63) is 37.5 Å². The van der Waals surface area contributed by atoms with Crippen molar-refractivity contribution in [1.82, 2.24) is 10.3 Å². The molecule has 1 amide bonds. The molecule has 0 saturated heterocycles. The van der Waals surface area contributed by atoms with Crippen LogP contribution in [0.4, 0.5) is 0 Å². The Bertz CT molecular complexity index is 673. The molecule has 0 radical (unpaired) electrons. The molecule has 1 N–H and O–H groups in total. The number of ketones is 1. The molecule has 0 fully saturated rings. The topological polar surface area (TPSA) is 59.1 Å². The number of carbonyl (C=O) groups excluding carboxylic acids is 2. The Morgan fingerprint density at radius 1 is 1.38 bits per heavy atom. The van der Waals surface area contributed by atoms with E-state index in [-0.39, 0.29) is 24.2 Å². The zero-order valence-electron chi connectivity index (χ0n) is 12.5. The van der Waals surface area contributed by atoms with Crippen LogP contribution in [0.15, 0.2) is 11.4 Å². The highest BCUT2D eigenvalue weighted by Crippen LogP contribution is 2.22. The number of thiophene rings is 1. The normalized spacial score (nSPS) is 12.2. The van der Waals surface area contributed by atoms with E-state index in [1.807, 2.05) is 26.2 Å². The van der Waals surface area contributed by atoms with Crippen LogP contribution in [0.1, 0.15) is 50.7 Å². The number of amides is 1. The fourth-order valence-corrected chi connectivity index (χ4v) is 3.88. The Morgan fingerprint density at radius 2 is 2.10 bits per heavy atom. The standard InChI is InChI=1S/C15H18N2O2S2/c1-8(15-10(3)21-11(4)17-15)16-14(19)6-12-5-13(9(2)18)20-7-12/h5,7-8H,6H2,1-4H3,(H,16,19)/t8-/m1/s1. The van der Waals surface area contributed by atoms with E-state index in [0.29, 0.717) is 4.88 Å². The summed E-state index contributed by atoms with van der Waals surface area (Å²) in [7, 11) is 0. The number of aromatic nitrogens is 1. The fraction of sp³-hybridized carbons (Fsp3) is 0.400. The molecule has 2 aromatic heterocycles. The van der Waals surface area contributed by atoms with Gasteiger partial charge in [0.1, 0.15) is 0 Å². The molecule has 0 aliphatic rings. The first-order valence-electron chi connectivity index (χ1n) is 6.68. The van der Waals surface area contributed by atoms with Gasteiger partial charge in [0.15, 0.2) is 5.78 Å². The van der Waals surface area contributed by atoms with Crippen LogP contribution in [-0.2, 0) is 11.2 Å². The lowest BCUT2D eigenvalue weighted by molar-refractivity contribution is -0.121. The first kappa shape index (κ1) is 15.9. The molecule has 0 spiro atoms. The van der Waals surface area contributed by atoms with Crippen LogP contribution in [0.5, 0.6) is 0 Å². The van der Waals surface area contributed by atoms with Crippen LogP contribution in [-0.4, -0.2) is 16.7 Å². The number of nitrogens with zero attached hydrogens (tertiary/aromatic N) is 1. The molecule has 2 rings (SSSR count). The maximum Gasteiger partial charge on any atom is 0.224 e. The summed E-state index contributed by atoms with van der Waals surface area (Å²) in [6, 6.07) is 1.68. The SMILES string of the molecule is CC(=O)c1cc(CC(=O)N[C@H](C)c2nc(C)sc2C)cs1. The van der Waals surface area contributed by atoms with Crippen molar-refractivity contribution in [3.63, 3.8) is 0 Å². The third-order valence-corrected chi connectivity index (χ3v) is 5.07. The number of Topliss-reactive ketones (excluding diaryl/α,β-unsaturated/α-hetero) is 1. The molecule has 1 atom stereocenters. The van der Waals surface area contributed by atoms with E-state index < -0.39 is 0 Å². The largest absolute Gasteiger partial charge is 0.348 e. The predicted octanol–water partition coefficient (Wildman–Crippen LogP) is 3.44. The van der Waals surface area contributed by atoms with Crippen molar-refractivity contribution < 1.29 is 9.59 Å². The Balaban J connectivity index is 1.97. The van der Waals surface area contributed by atoms with Crippen LogP contribution in [0, 0.1) is 13.8 Å². The Hall–Kier alpha value is -1.53. The molecule has 0 aliphatic heterocycles. The van der Waals surface area contributed by atoms with Gasteiger partial charge in [0.05, 0.1) is 28.0 Å². The zero-order valence-corrected chi connectivity index (χ0v) is 14.2. The summed E-state index contributed by atoms with van der Waals surface area (Å²) >= 11 is 3.02. The van der Waals surface area contributed by atoms with Crippen molar-refractivity contribution >= 4 is 34.4 Å². The van der Waals surface area contributed by atoms with Gasteiger partial charge >= 0.3 is 0 Å². The molecule has 0 bridgehead atoms. The highest BCUT2D eigenvalue weighted by molar-refractivity contribution is 7.12. The Kier molecular flexibility index (Phi) is 4.90. The van der Waals surface area contributed by atoms with Gasteiger partial charge in [-0.25, -0.2) is 4.98 Å². The van der Waals surface area contributed by atoms with Crippen molar-refractivity contribution in [1.29, 1.82) is 0 Å². The maximum atomic E-state index is 12.1. The number of thiazole rings is 1. The number of hydrogen-bond donors (Lipinski definition) is 1. The van der Waals surface area contributed by atoms with Crippen molar-refractivity contribution in [2.45, 2.75) is 40.2 Å². The van der Waals surface area contributed by atoms with Gasteiger partial charge in [-0.1, -0.05) is 0 Å². The summed E-state index contributed by atoms with van der Waals surface area (Å²) in [6.07, 6.45) is 0.288. The highest BCUT2D eigenvalue weighted by Gasteiger charge is 2.16. The zero-order chi connectivity index (χ0) is 15.6. The molecule has 2 aromatic rings. The lowest BCUT2D eigenvalue weighted by atomic mass is 10.1. The Labute approximate surface area is 132 Å². The quantitative estimate of drug-likeness (QED) is 0.858. The molecule has 2 heterocycles. The number of carbonyl (C=O) groups is 2. The summed E-state index contributed by atoms with van der Waals surface area (Å²) in [5, 5.41) is 5.83. The fourth-order valence-electron chi connectivity index (χ4n) is 2.15. The monoisotopic (exact) mass is 322 g/mol. The molecule has 4 nitrogen and oxygen atoms in total. The van der Waals surface area contributed by atoms with Gasteiger partial charge in [0.2, 0.25) is 5.91 Å². The van der Waals surface area contributed by atoms with E-state index in [4.69, 9.17) is 0 Å². The van der Waals surface area contributed by atoms with Gasteiger partial charge in [0.25, 0.3) is 0 Å². The van der Waals surface area contributed by atoms with Crippen LogP contribution in [0.2, 0.25) is 0 Å². The van der Waals surface area contributed by atoms with Gasteiger partial charge in [-0.05, 0) is 44.7 Å². The molecule has 6 heteroatoms. The summed E-state index contributed by atoms with van der Waals surface area (Å²) in [6.45, 7) is 7.45. The van der Waals surface area contributed by atoms with Crippen molar-refractivity contribution in [3.8, 4) is 0 Å². The van der Waals surface area contributed by atoms with Crippen molar-refractivity contribution in [2.24, 2.45) is 0 Å². The van der Waals surface area contributed by atoms with E-state index in [2.05, 4.69) is 10.3 Å². The number of aryl methyl sites for hydroxylation is 2. The third kappa shape index (κ3) is 3.98. The van der Waals surface area contributed by atoms with Gasteiger partial charge in [-0.15, -0.1) is 22.7 Å². The first-order chi connectivity index (χ1) is 9.86. The second-order valence-electron chi connectivity index (χ2n) is 5.02. The second kappa shape index (κ2) is 6.49. The highest BCUT2D eigenvalue weighted by atomic mass is 32.1. The molecule has 0 aliphatic carbocycles. The molecular weight excluding hydrogens is 304 g/mol. The molecule has 0 unspecified atom stereocenters. The van der Waals surface area contributed by atoms with Crippen LogP contribution < -0.4 is 5.32 Å². The van der Waals surface area contributed by atoms with Crippen molar-refractivity contribution in [2.75, 3.05) is 0 Å². The number of rotatable bonds is 5. The van der Waals surface area contributed by atoms with Crippen LogP contribution >= 0.6 is 22.7 Å². The lowest BCUT2D eigenvalue weighted by Crippen LogP contribution is -2.28. The summed E-state index contributed by atoms with van der Waals surface area (Å²) in [5.41, 5.74) is 1.81. The first-order valence-corrected chi connectivity index (χ1v) is 8.38. The molecule has 112 valence electrons. The molecule has 0 saturated carbocycles. The van der Waals surface area contributed by atoms with E-state index >= 15 is 0 Å². The Morgan fingerprint density at radius 3 is 2.62 bits per heavy atom. The molecule has 0 aromatic carbocycles. The summed E-state index contributed by atoms with van der Waals surface area (Å²) in [4.78, 5) is 29.6. The third-order valence-electron chi connectivity index (χ3n) is 3.09. The minimum absolute atomic E-state index is 0.0357. The predicted molar refractivity (Wildman–Crippen MR) is 86.2 cm³/mol. The minimum atomic E-state index is -0.103. The molecule has 21 heavy (non-hydrogen) atoms. The summed E-state index contributed by atoms with van der Waals surface area (Å²) < 4.78 is 0. The molecular formula is C15H18N2O2S2. The maximum absolute atomic E-state index is 12.1. The van der Waals surface area contributed by atoms with E-state index in [1.54, 1.807) is 17.4 Å². The minimum Gasteiger partial charge on any atom is -0.348 e. The van der Waals surface area contributed by atoms with Crippen LogP contribution in [0.3, 0.4) is 0 Å². The number of nitrogens with one attached hydrogen (secondary N) is 1. The average Bonchev–Trinajstić information content (AvgIpc) is 2.95. The van der Waals surface area contributed by atoms with Crippen LogP contribution in [0.25, 0.3) is 0 Å². The van der Waals surface area contributed by atoms with Gasteiger partial charge in [0, 0.05) is 4.88 Å². The van der Waals surface area contributed by atoms with E-state index in [1.165, 1.54) is 18.3 Å². The summed E-state index contributed by atoms with van der Waals surface area (Å²) in [5.74, 6) is -0.0194. The van der Waals surface area contributed by atoms with Gasteiger partial charge < -0.3 is 5.32 Å². The lowest BCUT2D eigenvalue weighted by Gasteiger charge is -2.12. The number of hydrogen-bond acceptors (Lipinski definition) is 5. The smallest absolute Gasteiger partial charge is 0.224 e. The van der Waals surface area contributed by atoms with E-state index in [0.717, 1.165) is 21.1 Å². The average molecular weight is 322 g/mol.